The van der Waals surface area contributed by atoms with E-state index in [0.717, 1.165) is 17.7 Å². The maximum absolute atomic E-state index is 13.2. The molecule has 5 aromatic rings. The normalized spacial score (nSPS) is 13.7. The lowest BCUT2D eigenvalue weighted by Gasteiger charge is -2.29. The van der Waals surface area contributed by atoms with Crippen molar-refractivity contribution in [2.24, 2.45) is 7.05 Å². The van der Waals surface area contributed by atoms with Gasteiger partial charge in [0.05, 0.1) is 23.2 Å². The van der Waals surface area contributed by atoms with E-state index in [-0.39, 0.29) is 6.61 Å². The summed E-state index contributed by atoms with van der Waals surface area (Å²) in [6, 6.07) is 19.0. The Morgan fingerprint density at radius 1 is 1.00 bits per heavy atom. The van der Waals surface area contributed by atoms with Gasteiger partial charge in [-0.3, -0.25) is 9.36 Å². The average Bonchev–Trinajstić information content (AvgIpc) is 3.41. The van der Waals surface area contributed by atoms with Gasteiger partial charge >= 0.3 is 6.18 Å². The molecule has 1 amide bonds. The van der Waals surface area contributed by atoms with Crippen molar-refractivity contribution in [1.82, 2.24) is 24.9 Å². The van der Waals surface area contributed by atoms with Gasteiger partial charge < -0.3 is 10.4 Å². The van der Waals surface area contributed by atoms with E-state index in [1.165, 1.54) is 16.8 Å². The molecule has 2 aromatic heterocycles. The van der Waals surface area contributed by atoms with Gasteiger partial charge in [-0.1, -0.05) is 35.5 Å². The lowest BCUT2D eigenvalue weighted by molar-refractivity contribution is -0.137. The van der Waals surface area contributed by atoms with E-state index in [1.807, 2.05) is 30.3 Å². The largest absolute Gasteiger partial charge is 0.416 e. The van der Waals surface area contributed by atoms with Gasteiger partial charge in [0.25, 0.3) is 5.91 Å². The summed E-state index contributed by atoms with van der Waals surface area (Å²) in [5, 5.41) is 21.9. The molecule has 0 bridgehead atoms. The predicted molar refractivity (Wildman–Crippen MR) is 129 cm³/mol. The molecule has 0 aliphatic heterocycles. The summed E-state index contributed by atoms with van der Waals surface area (Å²) in [5.74, 6) is -0.392. The number of benzene rings is 3. The third kappa shape index (κ3) is 3.89. The Hall–Kier alpha value is -4.18. The molecule has 0 radical (unpaired) electrons. The zero-order valence-corrected chi connectivity index (χ0v) is 19.4. The van der Waals surface area contributed by atoms with E-state index in [9.17, 15) is 23.1 Å². The topological polar surface area (TPSA) is 85.0 Å². The van der Waals surface area contributed by atoms with Gasteiger partial charge in [0.1, 0.15) is 5.52 Å². The number of hydrogen-bond donors (Lipinski definition) is 2. The fourth-order valence-electron chi connectivity index (χ4n) is 4.35. The molecule has 0 aliphatic carbocycles. The molecule has 0 saturated carbocycles. The number of nitrogens with zero attached hydrogens (tertiary/aromatic N) is 4. The van der Waals surface area contributed by atoms with Crippen molar-refractivity contribution < 1.29 is 23.1 Å². The molecule has 2 N–H and O–H groups in total. The van der Waals surface area contributed by atoms with Crippen molar-refractivity contribution in [3.8, 4) is 5.69 Å². The Bertz CT molecular complexity index is 1570. The van der Waals surface area contributed by atoms with Crippen LogP contribution in [0.5, 0.6) is 0 Å². The van der Waals surface area contributed by atoms with Gasteiger partial charge in [-0.05, 0) is 55.0 Å². The highest BCUT2D eigenvalue weighted by Gasteiger charge is 2.31. The molecule has 0 fully saturated rings. The Kier molecular flexibility index (Phi) is 5.55. The van der Waals surface area contributed by atoms with Crippen LogP contribution in [0.15, 0.2) is 72.8 Å². The molecule has 3 aromatic carbocycles. The van der Waals surface area contributed by atoms with Gasteiger partial charge in [0.2, 0.25) is 0 Å². The summed E-state index contributed by atoms with van der Waals surface area (Å²) < 4.78 is 42.5. The number of aliphatic hydroxyl groups excluding tert-OH is 1. The number of hydrogen-bond acceptors (Lipinski definition) is 4. The van der Waals surface area contributed by atoms with E-state index in [4.69, 9.17) is 0 Å². The maximum atomic E-state index is 13.2. The van der Waals surface area contributed by atoms with E-state index in [1.54, 1.807) is 36.7 Å². The lowest BCUT2D eigenvalue weighted by Crippen LogP contribution is -2.46. The third-order valence-corrected chi connectivity index (χ3v) is 6.33. The molecule has 0 saturated heterocycles. The van der Waals surface area contributed by atoms with Crippen LogP contribution in [0.1, 0.15) is 28.4 Å². The van der Waals surface area contributed by atoms with Crippen LogP contribution < -0.4 is 5.32 Å². The number of halogens is 3. The second-order valence-electron chi connectivity index (χ2n) is 8.81. The standard InChI is InChI=1S/C26H22F3N5O2/c1-25(15-35,17-6-4-3-5-7-17)30-23(36)16-8-13-21-20(14-16)22-24(33(2)32-31-22)34(21)19-11-9-18(10-12-19)26(27,28)29/h3-14,35H,15H2,1-2H3,(H,30,36)/t25-/m1/s1. The van der Waals surface area contributed by atoms with Gasteiger partial charge in [-0.15, -0.1) is 5.10 Å². The maximum Gasteiger partial charge on any atom is 0.416 e. The van der Waals surface area contributed by atoms with Crippen molar-refractivity contribution in [2.75, 3.05) is 6.61 Å². The average molecular weight is 493 g/mol. The van der Waals surface area contributed by atoms with Crippen molar-refractivity contribution in [3.05, 3.63) is 89.5 Å². The van der Waals surface area contributed by atoms with Crippen molar-refractivity contribution in [3.63, 3.8) is 0 Å². The predicted octanol–water partition coefficient (Wildman–Crippen LogP) is 4.57. The van der Waals surface area contributed by atoms with Crippen LogP contribution in [0.3, 0.4) is 0 Å². The van der Waals surface area contributed by atoms with Crippen LogP contribution in [0.4, 0.5) is 13.2 Å². The Balaban J connectivity index is 1.58. The Morgan fingerprint density at radius 2 is 1.69 bits per heavy atom. The summed E-state index contributed by atoms with van der Waals surface area (Å²) in [5.41, 5.74) is 1.61. The molecule has 184 valence electrons. The number of rotatable bonds is 5. The zero-order chi connectivity index (χ0) is 25.7. The molecule has 36 heavy (non-hydrogen) atoms. The highest BCUT2D eigenvalue weighted by Crippen LogP contribution is 2.34. The quantitative estimate of drug-likeness (QED) is 0.376. The summed E-state index contributed by atoms with van der Waals surface area (Å²) in [4.78, 5) is 13.2. The van der Waals surface area contributed by atoms with E-state index < -0.39 is 23.2 Å². The van der Waals surface area contributed by atoms with Crippen molar-refractivity contribution in [2.45, 2.75) is 18.6 Å². The van der Waals surface area contributed by atoms with Crippen LogP contribution in [-0.4, -0.2) is 37.2 Å². The third-order valence-electron chi connectivity index (χ3n) is 6.33. The molecule has 10 heteroatoms. The fourth-order valence-corrected chi connectivity index (χ4v) is 4.35. The molecule has 5 rings (SSSR count). The molecule has 1 atom stereocenters. The fraction of sp³-hybridized carbons (Fsp3) is 0.192. The van der Waals surface area contributed by atoms with Crippen LogP contribution >= 0.6 is 0 Å². The number of nitrogens with one attached hydrogen (secondary N) is 1. The van der Waals surface area contributed by atoms with Gasteiger partial charge in [0, 0.05) is 23.7 Å². The smallest absolute Gasteiger partial charge is 0.394 e. The zero-order valence-electron chi connectivity index (χ0n) is 19.4. The molecular weight excluding hydrogens is 471 g/mol. The van der Waals surface area contributed by atoms with Gasteiger partial charge in [-0.2, -0.15) is 13.2 Å². The van der Waals surface area contributed by atoms with Crippen LogP contribution in [0.2, 0.25) is 0 Å². The first-order valence-corrected chi connectivity index (χ1v) is 11.1. The first-order chi connectivity index (χ1) is 17.1. The molecule has 0 unspecified atom stereocenters. The summed E-state index contributed by atoms with van der Waals surface area (Å²) >= 11 is 0. The van der Waals surface area contributed by atoms with Crippen LogP contribution in [0.25, 0.3) is 27.8 Å². The summed E-state index contributed by atoms with van der Waals surface area (Å²) in [6.07, 6.45) is -4.44. The molecule has 7 nitrogen and oxygen atoms in total. The summed E-state index contributed by atoms with van der Waals surface area (Å²) in [7, 11) is 1.69. The number of carbonyl (C=O) groups is 1. The number of aliphatic hydroxyl groups is 1. The minimum atomic E-state index is -4.44. The van der Waals surface area contributed by atoms with Crippen LogP contribution in [-0.2, 0) is 18.8 Å². The van der Waals surface area contributed by atoms with E-state index >= 15 is 0 Å². The lowest BCUT2D eigenvalue weighted by atomic mass is 9.92. The molecule has 0 spiro atoms. The molecular formula is C26H22F3N5O2. The Morgan fingerprint density at radius 3 is 2.33 bits per heavy atom. The number of fused-ring (bicyclic) bond motifs is 3. The number of alkyl halides is 3. The highest BCUT2D eigenvalue weighted by molar-refractivity contribution is 6.09. The Labute approximate surface area is 203 Å². The second-order valence-corrected chi connectivity index (χ2v) is 8.81. The highest BCUT2D eigenvalue weighted by atomic mass is 19.4. The number of aromatic nitrogens is 4. The van der Waals surface area contributed by atoms with Gasteiger partial charge in [-0.25, -0.2) is 4.68 Å². The molecule has 0 aliphatic rings. The monoisotopic (exact) mass is 493 g/mol. The van der Waals surface area contributed by atoms with E-state index in [0.29, 0.717) is 33.3 Å². The van der Waals surface area contributed by atoms with Gasteiger partial charge in [0.15, 0.2) is 5.65 Å². The minimum absolute atomic E-state index is 0.302. The number of aryl methyl sites for hydroxylation is 1. The SMILES string of the molecule is Cn1nnc2c3cc(C(=O)N[C@](C)(CO)c4ccccc4)ccc3n(-c3ccc(C(F)(F)F)cc3)c21. The van der Waals surface area contributed by atoms with Crippen molar-refractivity contribution >= 4 is 28.0 Å². The van der Waals surface area contributed by atoms with Crippen molar-refractivity contribution in [1.29, 1.82) is 0 Å². The minimum Gasteiger partial charge on any atom is -0.394 e. The molecule has 2 heterocycles. The number of amides is 1. The first kappa shape index (κ1) is 23.6. The second kappa shape index (κ2) is 8.49. The van der Waals surface area contributed by atoms with Crippen LogP contribution in [0, 0.1) is 0 Å². The first-order valence-electron chi connectivity index (χ1n) is 11.1. The van der Waals surface area contributed by atoms with E-state index in [2.05, 4.69) is 15.6 Å². The summed E-state index contributed by atoms with van der Waals surface area (Å²) in [6.45, 7) is 1.43. The number of carbonyl (C=O) groups excluding carboxylic acids is 1.